The van der Waals surface area contributed by atoms with Crippen LogP contribution in [0.4, 0.5) is 0 Å². The van der Waals surface area contributed by atoms with E-state index in [0.29, 0.717) is 13.2 Å². The third-order valence-electron chi connectivity index (χ3n) is 1.99. The molecule has 0 fully saturated rings. The molecule has 0 N–H and O–H groups in total. The van der Waals surface area contributed by atoms with Crippen LogP contribution in [0.1, 0.15) is 19.8 Å². The summed E-state index contributed by atoms with van der Waals surface area (Å²) in [7, 11) is 6.09. The molecule has 0 aliphatic carbocycles. The lowest BCUT2D eigenvalue weighted by molar-refractivity contribution is -0.909. The first-order valence-electron chi connectivity index (χ1n) is 5.01. The SMILES string of the molecule is CCCC[N+](C)(C)COCCOC.[Cl-]. The first kappa shape index (κ1) is 16.6. The van der Waals surface area contributed by atoms with Crippen LogP contribution in [-0.2, 0) is 9.47 Å². The molecule has 14 heavy (non-hydrogen) atoms. The van der Waals surface area contributed by atoms with Crippen molar-refractivity contribution in [3.8, 4) is 0 Å². The van der Waals surface area contributed by atoms with E-state index < -0.39 is 0 Å². The molecule has 0 heterocycles. The third-order valence-corrected chi connectivity index (χ3v) is 1.99. The van der Waals surface area contributed by atoms with Gasteiger partial charge in [0.1, 0.15) is 0 Å². The van der Waals surface area contributed by atoms with Gasteiger partial charge in [0.15, 0.2) is 6.73 Å². The monoisotopic (exact) mass is 225 g/mol. The van der Waals surface area contributed by atoms with E-state index in [0.717, 1.165) is 11.2 Å². The van der Waals surface area contributed by atoms with Gasteiger partial charge in [-0.15, -0.1) is 0 Å². The van der Waals surface area contributed by atoms with Crippen molar-refractivity contribution in [1.29, 1.82) is 0 Å². The predicted molar refractivity (Wildman–Crippen MR) is 54.6 cm³/mol. The van der Waals surface area contributed by atoms with E-state index in [1.54, 1.807) is 7.11 Å². The molecule has 0 aliphatic rings. The van der Waals surface area contributed by atoms with E-state index in [1.165, 1.54) is 19.4 Å². The number of nitrogens with zero attached hydrogens (tertiary/aromatic N) is 1. The molecular weight excluding hydrogens is 202 g/mol. The molecule has 0 saturated carbocycles. The summed E-state index contributed by atoms with van der Waals surface area (Å²) in [6.07, 6.45) is 2.51. The summed E-state index contributed by atoms with van der Waals surface area (Å²) in [6.45, 7) is 5.57. The van der Waals surface area contributed by atoms with Crippen LogP contribution < -0.4 is 12.4 Å². The maximum Gasteiger partial charge on any atom is 0.182 e. The fourth-order valence-electron chi connectivity index (χ4n) is 1.10. The molecule has 0 spiro atoms. The van der Waals surface area contributed by atoms with Crippen molar-refractivity contribution in [2.24, 2.45) is 0 Å². The fraction of sp³-hybridized carbons (Fsp3) is 1.00. The number of ether oxygens (including phenoxy) is 2. The Hall–Kier alpha value is 0.170. The largest absolute Gasteiger partial charge is 1.00 e. The normalized spacial score (nSPS) is 11.1. The highest BCUT2D eigenvalue weighted by Gasteiger charge is 2.13. The summed E-state index contributed by atoms with van der Waals surface area (Å²) in [5.74, 6) is 0. The van der Waals surface area contributed by atoms with Crippen LogP contribution in [0.3, 0.4) is 0 Å². The Bertz CT molecular complexity index is 121. The van der Waals surface area contributed by atoms with Gasteiger partial charge >= 0.3 is 0 Å². The van der Waals surface area contributed by atoms with E-state index in [1.807, 2.05) is 0 Å². The van der Waals surface area contributed by atoms with Crippen molar-refractivity contribution in [2.45, 2.75) is 19.8 Å². The number of rotatable bonds is 8. The molecule has 0 aromatic carbocycles. The van der Waals surface area contributed by atoms with Crippen molar-refractivity contribution < 1.29 is 26.4 Å². The van der Waals surface area contributed by atoms with Crippen LogP contribution in [0.25, 0.3) is 0 Å². The predicted octanol–water partition coefficient (Wildman–Crippen LogP) is -1.51. The number of quaternary nitrogens is 1. The average molecular weight is 226 g/mol. The average Bonchev–Trinajstić information content (AvgIpc) is 2.09. The summed E-state index contributed by atoms with van der Waals surface area (Å²) >= 11 is 0. The minimum Gasteiger partial charge on any atom is -1.00 e. The van der Waals surface area contributed by atoms with Gasteiger partial charge < -0.3 is 26.4 Å². The lowest BCUT2D eigenvalue weighted by Crippen LogP contribution is -3.00. The topological polar surface area (TPSA) is 18.5 Å². The quantitative estimate of drug-likeness (QED) is 0.284. The molecule has 88 valence electrons. The summed E-state index contributed by atoms with van der Waals surface area (Å²) in [6, 6.07) is 0. The zero-order chi connectivity index (χ0) is 10.2. The molecule has 3 nitrogen and oxygen atoms in total. The van der Waals surface area contributed by atoms with Gasteiger partial charge in [0.05, 0.1) is 33.9 Å². The van der Waals surface area contributed by atoms with Crippen LogP contribution in [0.5, 0.6) is 0 Å². The first-order valence-corrected chi connectivity index (χ1v) is 5.01. The van der Waals surface area contributed by atoms with E-state index in [2.05, 4.69) is 21.0 Å². The molecule has 0 aromatic rings. The summed E-state index contributed by atoms with van der Waals surface area (Å²) < 4.78 is 11.3. The molecule has 0 atom stereocenters. The lowest BCUT2D eigenvalue weighted by Gasteiger charge is -2.29. The smallest absolute Gasteiger partial charge is 0.182 e. The van der Waals surface area contributed by atoms with Crippen molar-refractivity contribution in [1.82, 2.24) is 0 Å². The van der Waals surface area contributed by atoms with Crippen molar-refractivity contribution in [3.63, 3.8) is 0 Å². The minimum absolute atomic E-state index is 0. The van der Waals surface area contributed by atoms with Crippen LogP contribution in [0.15, 0.2) is 0 Å². The molecule has 0 unspecified atom stereocenters. The second-order valence-electron chi connectivity index (χ2n) is 4.04. The number of methoxy groups -OCH3 is 1. The number of hydrogen-bond donors (Lipinski definition) is 0. The minimum atomic E-state index is 0. The highest BCUT2D eigenvalue weighted by atomic mass is 35.5. The highest BCUT2D eigenvalue weighted by molar-refractivity contribution is 4.32. The van der Waals surface area contributed by atoms with Gasteiger partial charge in [-0.3, -0.25) is 0 Å². The number of halogens is 1. The number of unbranched alkanes of at least 4 members (excludes halogenated alkanes) is 1. The molecule has 4 heteroatoms. The van der Waals surface area contributed by atoms with E-state index in [4.69, 9.17) is 9.47 Å². The zero-order valence-corrected chi connectivity index (χ0v) is 10.6. The van der Waals surface area contributed by atoms with Gasteiger partial charge in [0.25, 0.3) is 0 Å². The molecule has 0 rings (SSSR count). The Morgan fingerprint density at radius 3 is 2.29 bits per heavy atom. The molecule has 0 saturated heterocycles. The second kappa shape index (κ2) is 9.71. The van der Waals surface area contributed by atoms with Crippen molar-refractivity contribution >= 4 is 0 Å². The van der Waals surface area contributed by atoms with Crippen LogP contribution in [-0.4, -0.2) is 52.2 Å². The Morgan fingerprint density at radius 2 is 1.79 bits per heavy atom. The number of hydrogen-bond acceptors (Lipinski definition) is 2. The maximum atomic E-state index is 5.48. The van der Waals surface area contributed by atoms with Gasteiger partial charge in [-0.2, -0.15) is 0 Å². The third kappa shape index (κ3) is 10.3. The molecule has 0 radical (unpaired) electrons. The first-order chi connectivity index (χ1) is 6.12. The Morgan fingerprint density at radius 1 is 1.14 bits per heavy atom. The van der Waals surface area contributed by atoms with E-state index in [-0.39, 0.29) is 12.4 Å². The van der Waals surface area contributed by atoms with Gasteiger partial charge in [0.2, 0.25) is 0 Å². The van der Waals surface area contributed by atoms with Crippen LogP contribution in [0.2, 0.25) is 0 Å². The molecule has 0 bridgehead atoms. The molecule has 0 aromatic heterocycles. The van der Waals surface area contributed by atoms with Crippen LogP contribution >= 0.6 is 0 Å². The summed E-state index contributed by atoms with van der Waals surface area (Å²) in [4.78, 5) is 0. The Labute approximate surface area is 94.4 Å². The van der Waals surface area contributed by atoms with Gasteiger partial charge in [0, 0.05) is 7.11 Å². The zero-order valence-electron chi connectivity index (χ0n) is 9.88. The van der Waals surface area contributed by atoms with Crippen LogP contribution in [0, 0.1) is 0 Å². The highest BCUT2D eigenvalue weighted by Crippen LogP contribution is 2.01. The van der Waals surface area contributed by atoms with E-state index >= 15 is 0 Å². The Balaban J connectivity index is 0. The van der Waals surface area contributed by atoms with Gasteiger partial charge in [-0.05, 0) is 6.42 Å². The summed E-state index contributed by atoms with van der Waals surface area (Å²) in [5.41, 5.74) is 0. The maximum absolute atomic E-state index is 5.48. The second-order valence-corrected chi connectivity index (χ2v) is 4.04. The van der Waals surface area contributed by atoms with Crippen molar-refractivity contribution in [3.05, 3.63) is 0 Å². The molecular formula is C10H24ClNO2. The Kier molecular flexibility index (Phi) is 11.5. The lowest BCUT2D eigenvalue weighted by atomic mass is 10.3. The van der Waals surface area contributed by atoms with Gasteiger partial charge in [-0.1, -0.05) is 13.3 Å². The molecule has 0 aliphatic heterocycles. The fourth-order valence-corrected chi connectivity index (χ4v) is 1.10. The molecule has 0 amide bonds. The standard InChI is InChI=1S/C10H24NO2.ClH/c1-5-6-7-11(2,3)10-13-9-8-12-4;/h5-10H2,1-4H3;1H/q+1;/p-1. The van der Waals surface area contributed by atoms with Crippen molar-refractivity contribution in [2.75, 3.05) is 47.7 Å². The summed E-state index contributed by atoms with van der Waals surface area (Å²) in [5, 5.41) is 0. The van der Waals surface area contributed by atoms with E-state index in [9.17, 15) is 0 Å². The van der Waals surface area contributed by atoms with Gasteiger partial charge in [-0.25, -0.2) is 0 Å².